The Morgan fingerprint density at radius 1 is 1.60 bits per heavy atom. The molecule has 1 aromatic rings. The minimum Gasteiger partial charge on any atom is -0.396 e. The third-order valence-electron chi connectivity index (χ3n) is 1.11. The molecule has 1 rings (SSSR count). The predicted octanol–water partition coefficient (Wildman–Crippen LogP) is -0.865. The van der Waals surface area contributed by atoms with Gasteiger partial charge in [0.15, 0.2) is 5.82 Å². The zero-order valence-corrected chi connectivity index (χ0v) is 5.86. The Hall–Kier alpha value is -0.970. The topological polar surface area (TPSA) is 63.8 Å². The van der Waals surface area contributed by atoms with Crippen molar-refractivity contribution < 1.29 is 5.11 Å². The van der Waals surface area contributed by atoms with Gasteiger partial charge in [0.25, 0.3) is 0 Å². The van der Waals surface area contributed by atoms with Gasteiger partial charge in [-0.1, -0.05) is 0 Å². The van der Waals surface area contributed by atoms with Gasteiger partial charge in [0.05, 0.1) is 7.05 Å². The maximum atomic E-state index is 8.45. The molecular formula is C5H10N4O. The van der Waals surface area contributed by atoms with Crippen LogP contribution in [0.25, 0.3) is 0 Å². The molecule has 1 N–H and O–H groups in total. The summed E-state index contributed by atoms with van der Waals surface area (Å²) < 4.78 is 0. The summed E-state index contributed by atoms with van der Waals surface area (Å²) >= 11 is 0. The van der Waals surface area contributed by atoms with E-state index in [9.17, 15) is 0 Å². The van der Waals surface area contributed by atoms with E-state index in [2.05, 4.69) is 15.4 Å². The average molecular weight is 142 g/mol. The molecule has 0 aliphatic carbocycles. The third kappa shape index (κ3) is 1.77. The fourth-order valence-electron chi connectivity index (χ4n) is 0.661. The minimum atomic E-state index is 0.179. The molecule has 0 amide bonds. The van der Waals surface area contributed by atoms with Crippen LogP contribution in [0, 0.1) is 0 Å². The maximum absolute atomic E-state index is 8.45. The first-order valence-corrected chi connectivity index (χ1v) is 3.16. The highest BCUT2D eigenvalue weighted by Crippen LogP contribution is 1.90. The second-order valence-electron chi connectivity index (χ2n) is 2.02. The minimum absolute atomic E-state index is 0.179. The quantitative estimate of drug-likeness (QED) is 0.596. The largest absolute Gasteiger partial charge is 0.396 e. The summed E-state index contributed by atoms with van der Waals surface area (Å²) in [5, 5.41) is 19.8. The lowest BCUT2D eigenvalue weighted by Crippen LogP contribution is -1.94. The Kier molecular flexibility index (Phi) is 2.33. The van der Waals surface area contributed by atoms with Crippen molar-refractivity contribution in [3.8, 4) is 0 Å². The highest BCUT2D eigenvalue weighted by atomic mass is 16.2. The summed E-state index contributed by atoms with van der Waals surface area (Å²) in [5.41, 5.74) is 0. The molecule has 0 saturated carbocycles. The van der Waals surface area contributed by atoms with E-state index < -0.39 is 0 Å². The van der Waals surface area contributed by atoms with E-state index in [1.165, 1.54) is 4.80 Å². The molecule has 56 valence electrons. The highest BCUT2D eigenvalue weighted by molar-refractivity contribution is 4.75. The van der Waals surface area contributed by atoms with Gasteiger partial charge in [-0.25, -0.2) is 0 Å². The number of aryl methyl sites for hydroxylation is 2. The maximum Gasteiger partial charge on any atom is 0.174 e. The van der Waals surface area contributed by atoms with Gasteiger partial charge < -0.3 is 5.11 Å². The number of aliphatic hydroxyl groups excluding tert-OH is 1. The molecule has 0 radical (unpaired) electrons. The van der Waals surface area contributed by atoms with Crippen molar-refractivity contribution in [1.82, 2.24) is 20.2 Å². The Labute approximate surface area is 58.7 Å². The lowest BCUT2D eigenvalue weighted by Gasteiger charge is -1.87. The summed E-state index contributed by atoms with van der Waals surface area (Å²) in [6, 6.07) is 0. The molecule has 0 bridgehead atoms. The number of tetrazole rings is 1. The standard InChI is InChI=1S/C5H10N4O/c1-9-7-5(6-8-9)3-2-4-10/h10H,2-4H2,1H3. The van der Waals surface area contributed by atoms with Gasteiger partial charge in [0.1, 0.15) is 0 Å². The van der Waals surface area contributed by atoms with Crippen LogP contribution in [-0.2, 0) is 13.5 Å². The molecule has 0 aliphatic heterocycles. The van der Waals surface area contributed by atoms with Crippen LogP contribution < -0.4 is 0 Å². The van der Waals surface area contributed by atoms with Crippen molar-refractivity contribution in [3.05, 3.63) is 5.82 Å². The van der Waals surface area contributed by atoms with Crippen molar-refractivity contribution in [2.24, 2.45) is 7.05 Å². The zero-order valence-electron chi connectivity index (χ0n) is 5.86. The van der Waals surface area contributed by atoms with Crippen LogP contribution in [0.2, 0.25) is 0 Å². The first kappa shape index (κ1) is 7.14. The van der Waals surface area contributed by atoms with Crippen LogP contribution in [-0.4, -0.2) is 31.9 Å². The lowest BCUT2D eigenvalue weighted by atomic mass is 10.3. The van der Waals surface area contributed by atoms with E-state index >= 15 is 0 Å². The van der Waals surface area contributed by atoms with E-state index in [0.717, 1.165) is 0 Å². The smallest absolute Gasteiger partial charge is 0.174 e. The van der Waals surface area contributed by atoms with Crippen LogP contribution in [0.5, 0.6) is 0 Å². The Morgan fingerprint density at radius 3 is 2.90 bits per heavy atom. The zero-order chi connectivity index (χ0) is 7.40. The van der Waals surface area contributed by atoms with Gasteiger partial charge in [-0.05, 0) is 11.6 Å². The SMILES string of the molecule is Cn1nnc(CCCO)n1. The molecular weight excluding hydrogens is 132 g/mol. The van der Waals surface area contributed by atoms with Crippen molar-refractivity contribution in [2.75, 3.05) is 6.61 Å². The molecule has 5 heteroatoms. The monoisotopic (exact) mass is 142 g/mol. The van der Waals surface area contributed by atoms with Crippen molar-refractivity contribution >= 4 is 0 Å². The van der Waals surface area contributed by atoms with E-state index in [0.29, 0.717) is 18.7 Å². The summed E-state index contributed by atoms with van der Waals surface area (Å²) in [6.07, 6.45) is 1.40. The number of aliphatic hydroxyl groups is 1. The predicted molar refractivity (Wildman–Crippen MR) is 34.2 cm³/mol. The van der Waals surface area contributed by atoms with Gasteiger partial charge in [0.2, 0.25) is 0 Å². The molecule has 5 nitrogen and oxygen atoms in total. The fraction of sp³-hybridized carbons (Fsp3) is 0.800. The summed E-state index contributed by atoms with van der Waals surface area (Å²) in [7, 11) is 1.72. The highest BCUT2D eigenvalue weighted by Gasteiger charge is 1.97. The average Bonchev–Trinajstić information content (AvgIpc) is 2.31. The van der Waals surface area contributed by atoms with E-state index in [-0.39, 0.29) is 6.61 Å². The molecule has 0 saturated heterocycles. The van der Waals surface area contributed by atoms with Crippen molar-refractivity contribution in [1.29, 1.82) is 0 Å². The summed E-state index contributed by atoms with van der Waals surface area (Å²) in [6.45, 7) is 0.179. The lowest BCUT2D eigenvalue weighted by molar-refractivity contribution is 0.287. The second kappa shape index (κ2) is 3.26. The van der Waals surface area contributed by atoms with Crippen LogP contribution in [0.4, 0.5) is 0 Å². The molecule has 1 heterocycles. The first-order valence-electron chi connectivity index (χ1n) is 3.16. The van der Waals surface area contributed by atoms with Crippen LogP contribution in [0.1, 0.15) is 12.2 Å². The summed E-state index contributed by atoms with van der Waals surface area (Å²) in [4.78, 5) is 1.41. The molecule has 0 unspecified atom stereocenters. The molecule has 0 aliphatic rings. The van der Waals surface area contributed by atoms with Gasteiger partial charge in [-0.15, -0.1) is 10.2 Å². The van der Waals surface area contributed by atoms with E-state index in [4.69, 9.17) is 5.11 Å². The number of aromatic nitrogens is 4. The molecule has 0 atom stereocenters. The molecule has 1 aromatic heterocycles. The first-order chi connectivity index (χ1) is 4.83. The fourth-order valence-corrected chi connectivity index (χ4v) is 0.661. The second-order valence-corrected chi connectivity index (χ2v) is 2.02. The normalized spacial score (nSPS) is 10.2. The van der Waals surface area contributed by atoms with Gasteiger partial charge >= 0.3 is 0 Å². The number of nitrogens with zero attached hydrogens (tertiary/aromatic N) is 4. The number of hydrogen-bond acceptors (Lipinski definition) is 4. The molecule has 0 fully saturated rings. The molecule has 0 spiro atoms. The van der Waals surface area contributed by atoms with E-state index in [1.807, 2.05) is 0 Å². The number of hydrogen-bond donors (Lipinski definition) is 1. The van der Waals surface area contributed by atoms with Gasteiger partial charge in [0, 0.05) is 13.0 Å². The van der Waals surface area contributed by atoms with Crippen LogP contribution >= 0.6 is 0 Å². The van der Waals surface area contributed by atoms with Gasteiger partial charge in [-0.2, -0.15) is 4.80 Å². The summed E-state index contributed by atoms with van der Waals surface area (Å²) in [5.74, 6) is 0.691. The Balaban J connectivity index is 2.42. The number of rotatable bonds is 3. The molecule has 10 heavy (non-hydrogen) atoms. The van der Waals surface area contributed by atoms with E-state index in [1.54, 1.807) is 7.05 Å². The Morgan fingerprint density at radius 2 is 2.40 bits per heavy atom. The van der Waals surface area contributed by atoms with Crippen molar-refractivity contribution in [2.45, 2.75) is 12.8 Å². The van der Waals surface area contributed by atoms with Crippen molar-refractivity contribution in [3.63, 3.8) is 0 Å². The van der Waals surface area contributed by atoms with Crippen LogP contribution in [0.3, 0.4) is 0 Å². The van der Waals surface area contributed by atoms with Gasteiger partial charge in [-0.3, -0.25) is 0 Å². The van der Waals surface area contributed by atoms with Crippen LogP contribution in [0.15, 0.2) is 0 Å². The Bertz CT molecular complexity index is 197. The third-order valence-corrected chi connectivity index (χ3v) is 1.11. The molecule has 0 aromatic carbocycles.